The molecular formula is C17H22N6O2. The zero-order valence-corrected chi connectivity index (χ0v) is 14.4. The first-order valence-corrected chi connectivity index (χ1v) is 8.64. The number of hydrogen-bond donors (Lipinski definition) is 0. The van der Waals surface area contributed by atoms with Gasteiger partial charge in [-0.3, -0.25) is 4.98 Å². The van der Waals surface area contributed by atoms with Crippen molar-refractivity contribution in [1.82, 2.24) is 19.9 Å². The Morgan fingerprint density at radius 2 is 1.36 bits per heavy atom. The molecule has 0 saturated carbocycles. The van der Waals surface area contributed by atoms with E-state index in [1.807, 2.05) is 25.3 Å². The standard InChI is InChI=1S/C17H22N6O2/c1-13-2-3-14(18-12-13)15-19-16(22-4-8-24-9-5-22)21-17(20-15)23-6-10-25-11-7-23/h2-3,12H,4-11H2,1H3. The molecule has 8 nitrogen and oxygen atoms in total. The van der Waals surface area contributed by atoms with Gasteiger partial charge in [-0.2, -0.15) is 15.0 Å². The first-order valence-electron chi connectivity index (χ1n) is 8.64. The molecule has 0 N–H and O–H groups in total. The predicted molar refractivity (Wildman–Crippen MR) is 93.9 cm³/mol. The Kier molecular flexibility index (Phi) is 4.71. The third-order valence-electron chi connectivity index (χ3n) is 4.34. The molecule has 0 radical (unpaired) electrons. The van der Waals surface area contributed by atoms with E-state index >= 15 is 0 Å². The highest BCUT2D eigenvalue weighted by Crippen LogP contribution is 2.21. The highest BCUT2D eigenvalue weighted by molar-refractivity contribution is 5.55. The van der Waals surface area contributed by atoms with Crippen molar-refractivity contribution >= 4 is 11.9 Å². The van der Waals surface area contributed by atoms with E-state index in [1.54, 1.807) is 0 Å². The molecule has 0 unspecified atom stereocenters. The minimum atomic E-state index is 0.609. The molecule has 0 aliphatic carbocycles. The molecule has 0 spiro atoms. The Balaban J connectivity index is 1.72. The summed E-state index contributed by atoms with van der Waals surface area (Å²) in [6.45, 7) is 7.92. The van der Waals surface area contributed by atoms with Gasteiger partial charge in [0.15, 0.2) is 5.82 Å². The third-order valence-corrected chi connectivity index (χ3v) is 4.34. The molecule has 2 aromatic rings. The number of aryl methyl sites for hydroxylation is 1. The van der Waals surface area contributed by atoms with Crippen molar-refractivity contribution in [3.8, 4) is 11.5 Å². The lowest BCUT2D eigenvalue weighted by Gasteiger charge is -2.30. The van der Waals surface area contributed by atoms with Crippen molar-refractivity contribution in [3.63, 3.8) is 0 Å². The zero-order valence-electron chi connectivity index (χ0n) is 14.4. The average molecular weight is 342 g/mol. The molecule has 0 amide bonds. The van der Waals surface area contributed by atoms with E-state index in [4.69, 9.17) is 14.5 Å². The molecular weight excluding hydrogens is 320 g/mol. The minimum absolute atomic E-state index is 0.609. The first-order chi connectivity index (χ1) is 12.3. The van der Waals surface area contributed by atoms with Gasteiger partial charge in [0.05, 0.1) is 26.4 Å². The molecule has 4 rings (SSSR count). The van der Waals surface area contributed by atoms with E-state index < -0.39 is 0 Å². The Bertz CT molecular complexity index is 675. The van der Waals surface area contributed by atoms with Gasteiger partial charge < -0.3 is 19.3 Å². The monoisotopic (exact) mass is 342 g/mol. The average Bonchev–Trinajstić information content (AvgIpc) is 2.69. The molecule has 2 fully saturated rings. The number of anilines is 2. The fraction of sp³-hybridized carbons (Fsp3) is 0.529. The van der Waals surface area contributed by atoms with E-state index in [-0.39, 0.29) is 0 Å². The van der Waals surface area contributed by atoms with Gasteiger partial charge in [-0.05, 0) is 18.6 Å². The predicted octanol–water partition coefficient (Wildman–Crippen LogP) is 0.915. The second-order valence-electron chi connectivity index (χ2n) is 6.18. The van der Waals surface area contributed by atoms with Crippen LogP contribution in [-0.2, 0) is 9.47 Å². The van der Waals surface area contributed by atoms with Crippen molar-refractivity contribution in [2.75, 3.05) is 62.4 Å². The van der Waals surface area contributed by atoms with Crippen LogP contribution in [0.5, 0.6) is 0 Å². The van der Waals surface area contributed by atoms with Crippen LogP contribution >= 0.6 is 0 Å². The van der Waals surface area contributed by atoms with E-state index in [0.717, 1.165) is 37.4 Å². The van der Waals surface area contributed by atoms with Gasteiger partial charge in [0, 0.05) is 32.4 Å². The van der Waals surface area contributed by atoms with Crippen LogP contribution in [-0.4, -0.2) is 72.5 Å². The fourth-order valence-corrected chi connectivity index (χ4v) is 2.88. The number of morpholine rings is 2. The summed E-state index contributed by atoms with van der Waals surface area (Å²) in [5, 5.41) is 0. The molecule has 25 heavy (non-hydrogen) atoms. The van der Waals surface area contributed by atoms with Crippen LogP contribution in [0.25, 0.3) is 11.5 Å². The van der Waals surface area contributed by atoms with Crippen LogP contribution < -0.4 is 9.80 Å². The summed E-state index contributed by atoms with van der Waals surface area (Å²) in [6, 6.07) is 3.98. The number of aromatic nitrogens is 4. The zero-order chi connectivity index (χ0) is 17.1. The normalized spacial score (nSPS) is 18.4. The van der Waals surface area contributed by atoms with E-state index in [9.17, 15) is 0 Å². The number of ether oxygens (including phenoxy) is 2. The molecule has 4 heterocycles. The lowest BCUT2D eigenvalue weighted by atomic mass is 10.2. The van der Waals surface area contributed by atoms with Crippen molar-refractivity contribution in [2.24, 2.45) is 0 Å². The molecule has 2 aromatic heterocycles. The molecule has 2 aliphatic heterocycles. The number of pyridine rings is 1. The summed E-state index contributed by atoms with van der Waals surface area (Å²) < 4.78 is 10.9. The maximum absolute atomic E-state index is 5.44. The van der Waals surface area contributed by atoms with E-state index in [0.29, 0.717) is 44.1 Å². The van der Waals surface area contributed by atoms with Crippen LogP contribution in [0.1, 0.15) is 5.56 Å². The summed E-state index contributed by atoms with van der Waals surface area (Å²) in [7, 11) is 0. The van der Waals surface area contributed by atoms with E-state index in [2.05, 4.69) is 24.8 Å². The summed E-state index contributed by atoms with van der Waals surface area (Å²) in [4.78, 5) is 22.8. The number of rotatable bonds is 3. The SMILES string of the molecule is Cc1ccc(-c2nc(N3CCOCC3)nc(N3CCOCC3)n2)nc1. The van der Waals surface area contributed by atoms with Crippen molar-refractivity contribution < 1.29 is 9.47 Å². The molecule has 2 aliphatic rings. The summed E-state index contributed by atoms with van der Waals surface area (Å²) in [5.74, 6) is 1.99. The quantitative estimate of drug-likeness (QED) is 0.815. The minimum Gasteiger partial charge on any atom is -0.378 e. The Hall–Kier alpha value is -2.32. The summed E-state index contributed by atoms with van der Waals surface area (Å²) in [5.41, 5.74) is 1.87. The smallest absolute Gasteiger partial charge is 0.230 e. The van der Waals surface area contributed by atoms with Gasteiger partial charge in [0.1, 0.15) is 5.69 Å². The molecule has 2 saturated heterocycles. The topological polar surface area (TPSA) is 76.5 Å². The number of hydrogen-bond acceptors (Lipinski definition) is 8. The summed E-state index contributed by atoms with van der Waals surface area (Å²) in [6.07, 6.45) is 1.84. The lowest BCUT2D eigenvalue weighted by molar-refractivity contribution is 0.121. The van der Waals surface area contributed by atoms with Crippen LogP contribution in [0, 0.1) is 6.92 Å². The Morgan fingerprint density at radius 3 is 1.84 bits per heavy atom. The van der Waals surface area contributed by atoms with Gasteiger partial charge in [-0.25, -0.2) is 0 Å². The van der Waals surface area contributed by atoms with Gasteiger partial charge in [0.2, 0.25) is 11.9 Å². The van der Waals surface area contributed by atoms with Crippen LogP contribution in [0.3, 0.4) is 0 Å². The molecule has 0 aromatic carbocycles. The van der Waals surface area contributed by atoms with Crippen molar-refractivity contribution in [2.45, 2.75) is 6.92 Å². The van der Waals surface area contributed by atoms with Crippen molar-refractivity contribution in [1.29, 1.82) is 0 Å². The highest BCUT2D eigenvalue weighted by Gasteiger charge is 2.21. The molecule has 132 valence electrons. The fourth-order valence-electron chi connectivity index (χ4n) is 2.88. The Labute approximate surface area is 146 Å². The van der Waals surface area contributed by atoms with Gasteiger partial charge >= 0.3 is 0 Å². The maximum atomic E-state index is 5.44. The molecule has 8 heteroatoms. The van der Waals surface area contributed by atoms with Gasteiger partial charge in [0.25, 0.3) is 0 Å². The van der Waals surface area contributed by atoms with Gasteiger partial charge in [-0.15, -0.1) is 0 Å². The lowest BCUT2D eigenvalue weighted by Crippen LogP contribution is -2.40. The Morgan fingerprint density at radius 1 is 0.800 bits per heavy atom. The van der Waals surface area contributed by atoms with Crippen LogP contribution in [0.15, 0.2) is 18.3 Å². The van der Waals surface area contributed by atoms with E-state index in [1.165, 1.54) is 0 Å². The largest absolute Gasteiger partial charge is 0.378 e. The second-order valence-corrected chi connectivity index (χ2v) is 6.18. The van der Waals surface area contributed by atoms with Crippen LogP contribution in [0.2, 0.25) is 0 Å². The van der Waals surface area contributed by atoms with Gasteiger partial charge in [-0.1, -0.05) is 6.07 Å². The maximum Gasteiger partial charge on any atom is 0.230 e. The van der Waals surface area contributed by atoms with Crippen LogP contribution in [0.4, 0.5) is 11.9 Å². The van der Waals surface area contributed by atoms with Crippen molar-refractivity contribution in [3.05, 3.63) is 23.9 Å². The highest BCUT2D eigenvalue weighted by atomic mass is 16.5. The second kappa shape index (κ2) is 7.28. The molecule has 0 atom stereocenters. The molecule has 0 bridgehead atoms. The number of nitrogens with zero attached hydrogens (tertiary/aromatic N) is 6. The summed E-state index contributed by atoms with van der Waals surface area (Å²) >= 11 is 0. The first kappa shape index (κ1) is 16.2. The third kappa shape index (κ3) is 3.69.